The Morgan fingerprint density at radius 1 is 0.971 bits per heavy atom. The van der Waals surface area contributed by atoms with Gasteiger partial charge in [-0.1, -0.05) is 60.7 Å². The van der Waals surface area contributed by atoms with E-state index < -0.39 is 11.8 Å². The first-order valence-electron chi connectivity index (χ1n) is 12.3. The summed E-state index contributed by atoms with van der Waals surface area (Å²) in [5.74, 6) is -0.0685. The van der Waals surface area contributed by atoms with Crippen molar-refractivity contribution in [1.29, 1.82) is 0 Å². The summed E-state index contributed by atoms with van der Waals surface area (Å²) >= 11 is 0. The molecule has 1 unspecified atom stereocenters. The zero-order valence-electron chi connectivity index (χ0n) is 20.3. The largest absolute Gasteiger partial charge is 0.445 e. The summed E-state index contributed by atoms with van der Waals surface area (Å²) in [4.78, 5) is 32.0. The van der Waals surface area contributed by atoms with Crippen LogP contribution in [0.25, 0.3) is 0 Å². The molecule has 3 saturated heterocycles. The van der Waals surface area contributed by atoms with Crippen molar-refractivity contribution < 1.29 is 19.1 Å². The highest BCUT2D eigenvalue weighted by Gasteiger charge is 2.58. The second-order valence-corrected chi connectivity index (χ2v) is 10.0. The molecule has 2 aromatic carbocycles. The number of carbonyl (C=O) groups excluding carboxylic acids is 2. The van der Waals surface area contributed by atoms with Crippen molar-refractivity contribution in [2.45, 2.75) is 37.2 Å². The summed E-state index contributed by atoms with van der Waals surface area (Å²) in [6.07, 6.45) is 1.40. The van der Waals surface area contributed by atoms with Crippen LogP contribution in [0.4, 0.5) is 4.79 Å². The SMILES string of the molecule is COCC12CN(C(=O)OCc3ccccc3)CC(=O)N1CC1(CCN(Cc3ccccc3)CC1)N2. The maximum atomic E-state index is 13.2. The van der Waals surface area contributed by atoms with Crippen LogP contribution in [0, 0.1) is 0 Å². The maximum Gasteiger partial charge on any atom is 0.410 e. The van der Waals surface area contributed by atoms with Gasteiger partial charge in [0, 0.05) is 38.8 Å². The molecule has 3 aliphatic heterocycles. The Bertz CT molecular complexity index is 1030. The number of hydrogen-bond donors (Lipinski definition) is 1. The zero-order valence-corrected chi connectivity index (χ0v) is 20.3. The molecular formula is C27H34N4O4. The topological polar surface area (TPSA) is 74.3 Å². The molecule has 8 heteroatoms. The molecule has 0 saturated carbocycles. The normalized spacial score (nSPS) is 24.0. The van der Waals surface area contributed by atoms with E-state index in [1.807, 2.05) is 41.3 Å². The fourth-order valence-corrected chi connectivity index (χ4v) is 5.73. The molecule has 5 rings (SSSR count). The minimum atomic E-state index is -0.739. The Labute approximate surface area is 206 Å². The number of likely N-dealkylation sites (tertiary alicyclic amines) is 1. The quantitative estimate of drug-likeness (QED) is 0.688. The molecule has 8 nitrogen and oxygen atoms in total. The first-order chi connectivity index (χ1) is 17.0. The minimum absolute atomic E-state index is 0.0248. The molecule has 1 atom stereocenters. The van der Waals surface area contributed by atoms with Crippen LogP contribution in [-0.4, -0.2) is 84.3 Å². The third kappa shape index (κ3) is 5.05. The van der Waals surface area contributed by atoms with Gasteiger partial charge in [0.25, 0.3) is 0 Å². The van der Waals surface area contributed by atoms with E-state index in [9.17, 15) is 9.59 Å². The predicted octanol–water partition coefficient (Wildman–Crippen LogP) is 2.45. The number of hydrogen-bond acceptors (Lipinski definition) is 6. The van der Waals surface area contributed by atoms with Crippen molar-refractivity contribution >= 4 is 12.0 Å². The molecule has 3 fully saturated rings. The van der Waals surface area contributed by atoms with Crippen molar-refractivity contribution in [3.8, 4) is 0 Å². The third-order valence-corrected chi connectivity index (χ3v) is 7.46. The van der Waals surface area contributed by atoms with Gasteiger partial charge in [-0.3, -0.25) is 19.9 Å². The molecule has 0 aliphatic carbocycles. The van der Waals surface area contributed by atoms with Crippen LogP contribution in [0.15, 0.2) is 60.7 Å². The second kappa shape index (κ2) is 9.97. The highest BCUT2D eigenvalue weighted by molar-refractivity contribution is 5.85. The smallest absolute Gasteiger partial charge is 0.410 e. The highest BCUT2D eigenvalue weighted by Crippen LogP contribution is 2.37. The van der Waals surface area contributed by atoms with E-state index >= 15 is 0 Å². The molecule has 3 heterocycles. The van der Waals surface area contributed by atoms with E-state index in [4.69, 9.17) is 9.47 Å². The van der Waals surface area contributed by atoms with Gasteiger partial charge >= 0.3 is 6.09 Å². The second-order valence-electron chi connectivity index (χ2n) is 10.0. The third-order valence-electron chi connectivity index (χ3n) is 7.46. The Kier molecular flexibility index (Phi) is 6.77. The molecule has 0 aromatic heterocycles. The molecule has 35 heavy (non-hydrogen) atoms. The number of piperazine rings is 1. The number of carbonyl (C=O) groups is 2. The summed E-state index contributed by atoms with van der Waals surface area (Å²) in [6.45, 7) is 4.35. The average Bonchev–Trinajstić information content (AvgIpc) is 3.20. The minimum Gasteiger partial charge on any atom is -0.445 e. The first-order valence-corrected chi connectivity index (χ1v) is 12.3. The Morgan fingerprint density at radius 2 is 1.63 bits per heavy atom. The lowest BCUT2D eigenvalue weighted by Crippen LogP contribution is -2.70. The van der Waals surface area contributed by atoms with Crippen molar-refractivity contribution in [2.75, 3.05) is 46.4 Å². The summed E-state index contributed by atoms with van der Waals surface area (Å²) in [7, 11) is 1.64. The van der Waals surface area contributed by atoms with Gasteiger partial charge in [0.15, 0.2) is 0 Å². The van der Waals surface area contributed by atoms with Gasteiger partial charge in [-0.2, -0.15) is 0 Å². The van der Waals surface area contributed by atoms with Crippen LogP contribution >= 0.6 is 0 Å². The number of piperidine rings is 1. The number of methoxy groups -OCH3 is 1. The van der Waals surface area contributed by atoms with Crippen LogP contribution in [0.5, 0.6) is 0 Å². The van der Waals surface area contributed by atoms with Crippen molar-refractivity contribution in [3.05, 3.63) is 71.8 Å². The number of benzene rings is 2. The molecule has 0 radical (unpaired) electrons. The highest BCUT2D eigenvalue weighted by atomic mass is 16.6. The molecule has 0 bridgehead atoms. The van der Waals surface area contributed by atoms with Gasteiger partial charge in [-0.25, -0.2) is 4.79 Å². The lowest BCUT2D eigenvalue weighted by atomic mass is 9.88. The summed E-state index contributed by atoms with van der Waals surface area (Å²) in [5.41, 5.74) is 1.32. The standard InChI is InChI=1S/C27H34N4O4/c1-34-21-27-20-30(25(33)35-18-23-10-6-3-7-11-23)17-24(32)31(27)19-26(28-27)12-14-29(15-13-26)16-22-8-4-2-5-9-22/h2-11,28H,12-21H2,1H3. The zero-order chi connectivity index (χ0) is 24.3. The number of nitrogens with one attached hydrogen (secondary N) is 1. The fourth-order valence-electron chi connectivity index (χ4n) is 5.73. The lowest BCUT2D eigenvalue weighted by molar-refractivity contribution is -0.146. The van der Waals surface area contributed by atoms with Crippen molar-refractivity contribution in [1.82, 2.24) is 20.0 Å². The number of nitrogens with zero attached hydrogens (tertiary/aromatic N) is 3. The Hall–Kier alpha value is -2.94. The van der Waals surface area contributed by atoms with Crippen molar-refractivity contribution in [3.63, 3.8) is 0 Å². The van der Waals surface area contributed by atoms with E-state index in [0.29, 0.717) is 19.7 Å². The molecule has 1 N–H and O–H groups in total. The van der Waals surface area contributed by atoms with Crippen LogP contribution in [-0.2, 0) is 27.4 Å². The van der Waals surface area contributed by atoms with E-state index in [1.54, 1.807) is 7.11 Å². The van der Waals surface area contributed by atoms with Crippen LogP contribution in [0.2, 0.25) is 0 Å². The molecular weight excluding hydrogens is 444 g/mol. The van der Waals surface area contributed by atoms with Crippen molar-refractivity contribution in [2.24, 2.45) is 0 Å². The molecule has 2 aromatic rings. The van der Waals surface area contributed by atoms with Gasteiger partial charge in [-0.15, -0.1) is 0 Å². The van der Waals surface area contributed by atoms with E-state index in [0.717, 1.165) is 38.0 Å². The van der Waals surface area contributed by atoms with E-state index in [-0.39, 0.29) is 24.6 Å². The van der Waals surface area contributed by atoms with Gasteiger partial charge in [0.05, 0.1) is 13.2 Å². The molecule has 3 aliphatic rings. The Balaban J connectivity index is 1.24. The molecule has 1 spiro atoms. The average molecular weight is 479 g/mol. The number of fused-ring (bicyclic) bond motifs is 1. The van der Waals surface area contributed by atoms with Gasteiger partial charge in [0.1, 0.15) is 18.8 Å². The van der Waals surface area contributed by atoms with E-state index in [1.165, 1.54) is 10.5 Å². The van der Waals surface area contributed by atoms with E-state index in [2.05, 4.69) is 34.5 Å². The first kappa shape index (κ1) is 23.8. The van der Waals surface area contributed by atoms with Crippen LogP contribution in [0.3, 0.4) is 0 Å². The Morgan fingerprint density at radius 3 is 2.29 bits per heavy atom. The summed E-state index contributed by atoms with van der Waals surface area (Å²) < 4.78 is 11.1. The van der Waals surface area contributed by atoms with Gasteiger partial charge in [-0.05, 0) is 24.0 Å². The number of amides is 2. The maximum absolute atomic E-state index is 13.2. The molecule has 2 amide bonds. The number of ether oxygens (including phenoxy) is 2. The monoisotopic (exact) mass is 478 g/mol. The lowest BCUT2D eigenvalue weighted by Gasteiger charge is -2.45. The summed E-state index contributed by atoms with van der Waals surface area (Å²) in [5, 5.41) is 3.80. The number of rotatable bonds is 6. The van der Waals surface area contributed by atoms with Gasteiger partial charge < -0.3 is 14.4 Å². The molecule has 186 valence electrons. The fraction of sp³-hybridized carbons (Fsp3) is 0.481. The van der Waals surface area contributed by atoms with Gasteiger partial charge in [0.2, 0.25) is 5.91 Å². The van der Waals surface area contributed by atoms with Crippen LogP contribution in [0.1, 0.15) is 24.0 Å². The summed E-state index contributed by atoms with van der Waals surface area (Å²) in [6, 6.07) is 20.1. The van der Waals surface area contributed by atoms with Crippen LogP contribution < -0.4 is 5.32 Å². The predicted molar refractivity (Wildman–Crippen MR) is 131 cm³/mol.